The Bertz CT molecular complexity index is 589. The van der Waals surface area contributed by atoms with E-state index in [2.05, 4.69) is 16.5 Å². The molecule has 1 aliphatic rings. The van der Waals surface area contributed by atoms with Crippen molar-refractivity contribution in [2.45, 2.75) is 32.2 Å². The first-order valence-corrected chi connectivity index (χ1v) is 6.29. The van der Waals surface area contributed by atoms with E-state index in [9.17, 15) is 4.39 Å². The predicted octanol–water partition coefficient (Wildman–Crippen LogP) is 3.17. The van der Waals surface area contributed by atoms with Gasteiger partial charge in [-0.25, -0.2) is 9.37 Å². The summed E-state index contributed by atoms with van der Waals surface area (Å²) < 4.78 is 15.4. The van der Waals surface area contributed by atoms with Crippen LogP contribution in [-0.4, -0.2) is 9.55 Å². The Kier molecular flexibility index (Phi) is 2.58. The van der Waals surface area contributed by atoms with Gasteiger partial charge in [-0.15, -0.1) is 0 Å². The Balaban J connectivity index is 2.14. The van der Waals surface area contributed by atoms with E-state index in [0.717, 1.165) is 30.7 Å². The Hall–Kier alpha value is -1.84. The van der Waals surface area contributed by atoms with Gasteiger partial charge in [-0.2, -0.15) is 0 Å². The molecule has 0 amide bonds. The van der Waals surface area contributed by atoms with Crippen molar-refractivity contribution in [1.82, 2.24) is 9.55 Å². The second-order valence-corrected chi connectivity index (χ2v) is 4.88. The van der Waals surface area contributed by atoms with E-state index in [1.165, 1.54) is 12.1 Å². The lowest BCUT2D eigenvalue weighted by atomic mass is 10.1. The molecular weight excluding hydrogens is 229 g/mol. The number of nitrogens with two attached hydrogens (primary N) is 1. The van der Waals surface area contributed by atoms with Crippen LogP contribution < -0.4 is 5.73 Å². The molecule has 18 heavy (non-hydrogen) atoms. The van der Waals surface area contributed by atoms with E-state index in [4.69, 9.17) is 5.73 Å². The largest absolute Gasteiger partial charge is 0.383 e. The van der Waals surface area contributed by atoms with Gasteiger partial charge in [0.05, 0.1) is 0 Å². The van der Waals surface area contributed by atoms with Crippen LogP contribution in [-0.2, 0) is 6.42 Å². The first kappa shape index (κ1) is 11.3. The SMILES string of the molecule is CC1CCCc2nc(-c3cccc(F)c3)c(N)n21. The number of anilines is 1. The third-order valence-electron chi connectivity index (χ3n) is 3.58. The fourth-order valence-corrected chi connectivity index (χ4v) is 2.69. The van der Waals surface area contributed by atoms with Gasteiger partial charge in [-0.05, 0) is 31.9 Å². The number of nitrogen functional groups attached to an aromatic ring is 1. The lowest BCUT2D eigenvalue weighted by molar-refractivity contribution is 0.430. The molecule has 0 fully saturated rings. The van der Waals surface area contributed by atoms with E-state index >= 15 is 0 Å². The topological polar surface area (TPSA) is 43.8 Å². The molecular formula is C14H16FN3. The molecule has 3 nitrogen and oxygen atoms in total. The molecule has 94 valence electrons. The van der Waals surface area contributed by atoms with Crippen LogP contribution in [0.15, 0.2) is 24.3 Å². The maximum atomic E-state index is 13.3. The number of aryl methyl sites for hydroxylation is 1. The Labute approximate surface area is 105 Å². The molecule has 4 heteroatoms. The minimum absolute atomic E-state index is 0.258. The minimum Gasteiger partial charge on any atom is -0.383 e. The summed E-state index contributed by atoms with van der Waals surface area (Å²) in [4.78, 5) is 4.58. The lowest BCUT2D eigenvalue weighted by Gasteiger charge is -2.22. The zero-order valence-electron chi connectivity index (χ0n) is 10.4. The van der Waals surface area contributed by atoms with Crippen molar-refractivity contribution in [2.24, 2.45) is 0 Å². The van der Waals surface area contributed by atoms with Crippen LogP contribution in [0.4, 0.5) is 10.2 Å². The fourth-order valence-electron chi connectivity index (χ4n) is 2.69. The van der Waals surface area contributed by atoms with Crippen LogP contribution in [0, 0.1) is 5.82 Å². The Morgan fingerprint density at radius 1 is 1.44 bits per heavy atom. The van der Waals surface area contributed by atoms with Crippen molar-refractivity contribution in [3.8, 4) is 11.3 Å². The predicted molar refractivity (Wildman–Crippen MR) is 69.7 cm³/mol. The van der Waals surface area contributed by atoms with Gasteiger partial charge < -0.3 is 10.3 Å². The van der Waals surface area contributed by atoms with Gasteiger partial charge in [0.1, 0.15) is 23.2 Å². The van der Waals surface area contributed by atoms with E-state index in [1.54, 1.807) is 6.07 Å². The molecule has 0 saturated carbocycles. The molecule has 1 unspecified atom stereocenters. The third kappa shape index (κ3) is 1.68. The van der Waals surface area contributed by atoms with Crippen LogP contribution >= 0.6 is 0 Å². The van der Waals surface area contributed by atoms with Crippen molar-refractivity contribution >= 4 is 5.82 Å². The summed E-state index contributed by atoms with van der Waals surface area (Å²) in [5, 5.41) is 0. The quantitative estimate of drug-likeness (QED) is 0.838. The average Bonchev–Trinajstić information content (AvgIpc) is 2.68. The first-order valence-electron chi connectivity index (χ1n) is 6.29. The molecule has 0 radical (unpaired) electrons. The molecule has 1 aromatic carbocycles. The molecule has 0 saturated heterocycles. The molecule has 0 aliphatic carbocycles. The number of imidazole rings is 1. The molecule has 3 rings (SSSR count). The Morgan fingerprint density at radius 3 is 3.00 bits per heavy atom. The smallest absolute Gasteiger partial charge is 0.131 e. The standard InChI is InChI=1S/C14H16FN3/c1-9-4-2-7-12-17-13(14(16)18(9)12)10-5-3-6-11(15)8-10/h3,5-6,8-9H,2,4,7,16H2,1H3. The summed E-state index contributed by atoms with van der Waals surface area (Å²) in [6, 6.07) is 6.82. The average molecular weight is 245 g/mol. The van der Waals surface area contributed by atoms with Gasteiger partial charge >= 0.3 is 0 Å². The summed E-state index contributed by atoms with van der Waals surface area (Å²) in [7, 11) is 0. The third-order valence-corrected chi connectivity index (χ3v) is 3.58. The number of halogens is 1. The van der Waals surface area contributed by atoms with Gasteiger partial charge in [0.15, 0.2) is 0 Å². The summed E-state index contributed by atoms with van der Waals surface area (Å²) >= 11 is 0. The molecule has 1 aliphatic heterocycles. The van der Waals surface area contributed by atoms with Gasteiger partial charge in [0.2, 0.25) is 0 Å². The van der Waals surface area contributed by atoms with Gasteiger partial charge in [-0.3, -0.25) is 0 Å². The summed E-state index contributed by atoms with van der Waals surface area (Å²) in [6.07, 6.45) is 3.21. The number of hydrogen-bond acceptors (Lipinski definition) is 2. The highest BCUT2D eigenvalue weighted by Crippen LogP contribution is 2.34. The molecule has 0 spiro atoms. The highest BCUT2D eigenvalue weighted by molar-refractivity contribution is 5.71. The molecule has 1 aromatic heterocycles. The van der Waals surface area contributed by atoms with Crippen molar-refractivity contribution in [2.75, 3.05) is 5.73 Å². The van der Waals surface area contributed by atoms with E-state index in [0.29, 0.717) is 17.6 Å². The second-order valence-electron chi connectivity index (χ2n) is 4.88. The Morgan fingerprint density at radius 2 is 2.28 bits per heavy atom. The number of nitrogens with zero attached hydrogens (tertiary/aromatic N) is 2. The zero-order chi connectivity index (χ0) is 12.7. The number of rotatable bonds is 1. The highest BCUT2D eigenvalue weighted by atomic mass is 19.1. The van der Waals surface area contributed by atoms with Gasteiger partial charge in [-0.1, -0.05) is 12.1 Å². The maximum Gasteiger partial charge on any atom is 0.131 e. The van der Waals surface area contributed by atoms with Gasteiger partial charge in [0, 0.05) is 18.0 Å². The van der Waals surface area contributed by atoms with Crippen molar-refractivity contribution in [3.63, 3.8) is 0 Å². The van der Waals surface area contributed by atoms with E-state index in [1.807, 2.05) is 6.07 Å². The number of benzene rings is 1. The van der Waals surface area contributed by atoms with Crippen molar-refractivity contribution < 1.29 is 4.39 Å². The molecule has 1 atom stereocenters. The lowest BCUT2D eigenvalue weighted by Crippen LogP contribution is -2.16. The fraction of sp³-hybridized carbons (Fsp3) is 0.357. The summed E-state index contributed by atoms with van der Waals surface area (Å²) in [6.45, 7) is 2.15. The molecule has 2 N–H and O–H groups in total. The molecule has 0 bridgehead atoms. The molecule has 2 heterocycles. The minimum atomic E-state index is -0.258. The van der Waals surface area contributed by atoms with Crippen LogP contribution in [0.1, 0.15) is 31.6 Å². The zero-order valence-corrected chi connectivity index (χ0v) is 10.4. The van der Waals surface area contributed by atoms with Crippen LogP contribution in [0.2, 0.25) is 0 Å². The van der Waals surface area contributed by atoms with E-state index < -0.39 is 0 Å². The van der Waals surface area contributed by atoms with Crippen molar-refractivity contribution in [1.29, 1.82) is 0 Å². The monoisotopic (exact) mass is 245 g/mol. The van der Waals surface area contributed by atoms with Gasteiger partial charge in [0.25, 0.3) is 0 Å². The van der Waals surface area contributed by atoms with E-state index in [-0.39, 0.29) is 5.82 Å². The number of hydrogen-bond donors (Lipinski definition) is 1. The summed E-state index contributed by atoms with van der Waals surface area (Å²) in [5.41, 5.74) is 7.63. The second kappa shape index (κ2) is 4.12. The first-order chi connectivity index (χ1) is 8.66. The van der Waals surface area contributed by atoms with Crippen LogP contribution in [0.5, 0.6) is 0 Å². The van der Waals surface area contributed by atoms with Crippen LogP contribution in [0.25, 0.3) is 11.3 Å². The van der Waals surface area contributed by atoms with Crippen molar-refractivity contribution in [3.05, 3.63) is 35.9 Å². The molecule has 2 aromatic rings. The number of aromatic nitrogens is 2. The maximum absolute atomic E-state index is 13.3. The number of fused-ring (bicyclic) bond motifs is 1. The summed E-state index contributed by atoms with van der Waals surface area (Å²) in [5.74, 6) is 1.42. The normalized spacial score (nSPS) is 18.7. The highest BCUT2D eigenvalue weighted by Gasteiger charge is 2.23. The van der Waals surface area contributed by atoms with Crippen LogP contribution in [0.3, 0.4) is 0 Å².